The second-order valence-electron chi connectivity index (χ2n) is 4.44. The van der Waals surface area contributed by atoms with E-state index >= 15 is 0 Å². The molecule has 0 aliphatic rings. The predicted molar refractivity (Wildman–Crippen MR) is 80.9 cm³/mol. The molecule has 0 radical (unpaired) electrons. The summed E-state index contributed by atoms with van der Waals surface area (Å²) < 4.78 is 24.2. The van der Waals surface area contributed by atoms with E-state index in [2.05, 4.69) is 6.58 Å². The molecule has 1 unspecified atom stereocenters. The minimum atomic E-state index is -1.71. The molecule has 1 N–H and O–H groups in total. The summed E-state index contributed by atoms with van der Waals surface area (Å²) >= 11 is -1.71. The number of ether oxygens (including phenoxy) is 1. The minimum absolute atomic E-state index is 0.248. The van der Waals surface area contributed by atoms with Crippen LogP contribution in [0.3, 0.4) is 0 Å². The summed E-state index contributed by atoms with van der Waals surface area (Å²) in [4.78, 5) is 11.6. The smallest absolute Gasteiger partial charge is 0.311 e. The maximum atomic E-state index is 11.6. The first-order chi connectivity index (χ1) is 9.61. The third-order valence-electron chi connectivity index (χ3n) is 2.80. The monoisotopic (exact) mass is 296 g/mol. The van der Waals surface area contributed by atoms with Crippen LogP contribution in [0.1, 0.15) is 37.7 Å². The Hall–Kier alpha value is -1.46. The minimum Gasteiger partial charge on any atom is -0.427 e. The van der Waals surface area contributed by atoms with Crippen LogP contribution >= 0.6 is 0 Å². The maximum absolute atomic E-state index is 11.6. The zero-order valence-corrected chi connectivity index (χ0v) is 12.2. The Balaban J connectivity index is 2.16. The van der Waals surface area contributed by atoms with Crippen LogP contribution in [0.5, 0.6) is 5.75 Å². The third kappa shape index (κ3) is 7.21. The molecule has 1 atom stereocenters. The van der Waals surface area contributed by atoms with Crippen LogP contribution in [0.2, 0.25) is 0 Å². The molecule has 0 spiro atoms. The zero-order chi connectivity index (χ0) is 14.8. The molecule has 0 saturated carbocycles. The number of hydrogen-bond acceptors (Lipinski definition) is 3. The number of benzene rings is 1. The van der Waals surface area contributed by atoms with Crippen LogP contribution in [0, 0.1) is 0 Å². The maximum Gasteiger partial charge on any atom is 0.311 e. The Kier molecular flexibility index (Phi) is 7.84. The van der Waals surface area contributed by atoms with Crippen LogP contribution < -0.4 is 4.74 Å². The average molecular weight is 296 g/mol. The van der Waals surface area contributed by atoms with Gasteiger partial charge in [-0.15, -0.1) is 0 Å². The summed E-state index contributed by atoms with van der Waals surface area (Å²) in [6, 6.07) is 7.16. The molecule has 1 aromatic rings. The quantitative estimate of drug-likeness (QED) is 0.328. The molecular weight excluding hydrogens is 276 g/mol. The van der Waals surface area contributed by atoms with Gasteiger partial charge in [0.05, 0.1) is 0 Å². The third-order valence-corrected chi connectivity index (χ3v) is 3.44. The highest BCUT2D eigenvalue weighted by molar-refractivity contribution is 7.79. The molecule has 0 aliphatic heterocycles. The van der Waals surface area contributed by atoms with E-state index in [9.17, 15) is 9.00 Å². The van der Waals surface area contributed by atoms with E-state index in [1.807, 2.05) is 12.1 Å². The van der Waals surface area contributed by atoms with Crippen molar-refractivity contribution in [1.82, 2.24) is 0 Å². The summed E-state index contributed by atoms with van der Waals surface area (Å²) in [6.45, 7) is 3.65. The van der Waals surface area contributed by atoms with Gasteiger partial charge >= 0.3 is 5.97 Å². The van der Waals surface area contributed by atoms with E-state index in [1.54, 1.807) is 18.2 Å². The van der Waals surface area contributed by atoms with Crippen LogP contribution in [0.25, 0.3) is 6.08 Å². The standard InChI is InChI=1S/C15H20O4S/c1-2-13-8-10-14(11-9-13)19-15(16)7-5-3-4-6-12-20(17)18/h2,8-11H,1,3-7,12H2,(H,17,18). The highest BCUT2D eigenvalue weighted by atomic mass is 32.2. The van der Waals surface area contributed by atoms with Gasteiger partial charge in [-0.05, 0) is 30.5 Å². The van der Waals surface area contributed by atoms with Gasteiger partial charge in [-0.2, -0.15) is 0 Å². The van der Waals surface area contributed by atoms with Gasteiger partial charge in [-0.3, -0.25) is 4.79 Å². The Morgan fingerprint density at radius 1 is 1.20 bits per heavy atom. The first-order valence-corrected chi connectivity index (χ1v) is 7.90. The lowest BCUT2D eigenvalue weighted by atomic mass is 10.1. The summed E-state index contributed by atoms with van der Waals surface area (Å²) in [6.07, 6.45) is 5.26. The molecule has 0 aromatic heterocycles. The molecule has 0 bridgehead atoms. The largest absolute Gasteiger partial charge is 0.427 e. The van der Waals surface area contributed by atoms with Crippen molar-refractivity contribution >= 4 is 23.1 Å². The van der Waals surface area contributed by atoms with Crippen molar-refractivity contribution in [3.63, 3.8) is 0 Å². The average Bonchev–Trinajstić information content (AvgIpc) is 2.43. The molecule has 110 valence electrons. The molecule has 5 heteroatoms. The fourth-order valence-electron chi connectivity index (χ4n) is 1.70. The highest BCUT2D eigenvalue weighted by Gasteiger charge is 2.04. The lowest BCUT2D eigenvalue weighted by molar-refractivity contribution is -0.134. The first-order valence-electron chi connectivity index (χ1n) is 6.62. The Morgan fingerprint density at radius 3 is 2.45 bits per heavy atom. The Bertz CT molecular complexity index is 453. The second-order valence-corrected chi connectivity index (χ2v) is 5.49. The summed E-state index contributed by atoms with van der Waals surface area (Å²) in [7, 11) is 0. The van der Waals surface area contributed by atoms with Gasteiger partial charge in [0, 0.05) is 12.2 Å². The van der Waals surface area contributed by atoms with Gasteiger partial charge in [-0.25, -0.2) is 4.21 Å². The lowest BCUT2D eigenvalue weighted by Crippen LogP contribution is -2.07. The van der Waals surface area contributed by atoms with Crippen molar-refractivity contribution < 1.29 is 18.3 Å². The molecule has 0 amide bonds. The molecule has 0 aliphatic carbocycles. The van der Waals surface area contributed by atoms with Gasteiger partial charge in [0.2, 0.25) is 0 Å². The lowest BCUT2D eigenvalue weighted by Gasteiger charge is -2.04. The summed E-state index contributed by atoms with van der Waals surface area (Å²) in [5, 5.41) is 0. The number of esters is 1. The van der Waals surface area contributed by atoms with E-state index in [0.29, 0.717) is 24.3 Å². The van der Waals surface area contributed by atoms with Crippen molar-refractivity contribution in [2.45, 2.75) is 32.1 Å². The summed E-state index contributed by atoms with van der Waals surface area (Å²) in [5.74, 6) is 0.596. The van der Waals surface area contributed by atoms with Crippen molar-refractivity contribution in [1.29, 1.82) is 0 Å². The van der Waals surface area contributed by atoms with Gasteiger partial charge in [0.25, 0.3) is 0 Å². The Labute approximate surface area is 122 Å². The molecule has 0 fully saturated rings. The van der Waals surface area contributed by atoms with Crippen molar-refractivity contribution in [3.05, 3.63) is 36.4 Å². The fraction of sp³-hybridized carbons (Fsp3) is 0.400. The SMILES string of the molecule is C=Cc1ccc(OC(=O)CCCCCCS(=O)O)cc1. The number of carbonyl (C=O) groups excluding carboxylic acids is 1. The van der Waals surface area contributed by atoms with Crippen molar-refractivity contribution in [3.8, 4) is 5.75 Å². The summed E-state index contributed by atoms with van der Waals surface area (Å²) in [5.41, 5.74) is 0.978. The number of rotatable bonds is 9. The molecule has 20 heavy (non-hydrogen) atoms. The number of hydrogen-bond donors (Lipinski definition) is 1. The van der Waals surface area contributed by atoms with E-state index in [4.69, 9.17) is 9.29 Å². The van der Waals surface area contributed by atoms with Gasteiger partial charge in [0.1, 0.15) is 5.75 Å². The topological polar surface area (TPSA) is 63.6 Å². The zero-order valence-electron chi connectivity index (χ0n) is 11.4. The molecule has 0 saturated heterocycles. The molecule has 1 aromatic carbocycles. The van der Waals surface area contributed by atoms with Crippen LogP contribution in [-0.4, -0.2) is 20.5 Å². The van der Waals surface area contributed by atoms with Crippen LogP contribution in [0.4, 0.5) is 0 Å². The first kappa shape index (κ1) is 16.6. The van der Waals surface area contributed by atoms with Gasteiger partial charge in [-0.1, -0.05) is 37.6 Å². The van der Waals surface area contributed by atoms with Crippen LogP contribution in [0.15, 0.2) is 30.8 Å². The molecule has 1 rings (SSSR count). The number of unbranched alkanes of at least 4 members (excludes halogenated alkanes) is 3. The Morgan fingerprint density at radius 2 is 1.85 bits per heavy atom. The molecule has 4 nitrogen and oxygen atoms in total. The van der Waals surface area contributed by atoms with Crippen molar-refractivity contribution in [2.24, 2.45) is 0 Å². The van der Waals surface area contributed by atoms with Crippen LogP contribution in [-0.2, 0) is 15.9 Å². The van der Waals surface area contributed by atoms with E-state index in [0.717, 1.165) is 24.8 Å². The van der Waals surface area contributed by atoms with Gasteiger partial charge < -0.3 is 9.29 Å². The second kappa shape index (κ2) is 9.44. The predicted octanol–water partition coefficient (Wildman–Crippen LogP) is 3.41. The van der Waals surface area contributed by atoms with Gasteiger partial charge in [0.15, 0.2) is 11.1 Å². The van der Waals surface area contributed by atoms with Crippen molar-refractivity contribution in [2.75, 3.05) is 5.75 Å². The number of carbonyl (C=O) groups is 1. The molecular formula is C15H20O4S. The normalized spacial score (nSPS) is 11.8. The van der Waals surface area contributed by atoms with E-state index in [-0.39, 0.29) is 5.97 Å². The van der Waals surface area contributed by atoms with E-state index < -0.39 is 11.1 Å². The highest BCUT2D eigenvalue weighted by Crippen LogP contribution is 2.14. The van der Waals surface area contributed by atoms with E-state index in [1.165, 1.54) is 0 Å². The fourth-order valence-corrected chi connectivity index (χ4v) is 2.15. The molecule has 0 heterocycles.